The predicted octanol–water partition coefficient (Wildman–Crippen LogP) is 2.53. The Morgan fingerprint density at radius 3 is 3.05 bits per heavy atom. The van der Waals surface area contributed by atoms with Crippen molar-refractivity contribution in [1.29, 1.82) is 0 Å². The Morgan fingerprint density at radius 1 is 1.45 bits per heavy atom. The predicted molar refractivity (Wildman–Crippen MR) is 79.4 cm³/mol. The highest BCUT2D eigenvalue weighted by atomic mass is 16.5. The van der Waals surface area contributed by atoms with Gasteiger partial charge in [-0.1, -0.05) is 18.7 Å². The maximum atomic E-state index is 5.58. The van der Waals surface area contributed by atoms with Crippen LogP contribution in [0.1, 0.15) is 18.4 Å². The molecule has 0 spiro atoms. The largest absolute Gasteiger partial charge is 0.493 e. The van der Waals surface area contributed by atoms with Crippen molar-refractivity contribution in [2.75, 3.05) is 26.9 Å². The summed E-state index contributed by atoms with van der Waals surface area (Å²) < 4.78 is 16.5. The molecule has 0 amide bonds. The number of hydrogen-bond donors (Lipinski definition) is 1. The molecule has 1 aromatic rings. The SMILES string of the molecule is C=CCOc1ccc(CNC[C@H]2CCCO2)cc1OC. The summed E-state index contributed by atoms with van der Waals surface area (Å²) in [4.78, 5) is 0. The van der Waals surface area contributed by atoms with Gasteiger partial charge in [-0.3, -0.25) is 0 Å². The quantitative estimate of drug-likeness (QED) is 0.741. The Hall–Kier alpha value is -1.52. The van der Waals surface area contributed by atoms with Gasteiger partial charge in [0, 0.05) is 19.7 Å². The Bertz CT molecular complexity index is 428. The van der Waals surface area contributed by atoms with Crippen molar-refractivity contribution in [2.24, 2.45) is 0 Å². The van der Waals surface area contributed by atoms with E-state index in [-0.39, 0.29) is 0 Å². The molecule has 1 fully saturated rings. The normalized spacial score (nSPS) is 17.9. The molecule has 0 bridgehead atoms. The highest BCUT2D eigenvalue weighted by Crippen LogP contribution is 2.28. The smallest absolute Gasteiger partial charge is 0.161 e. The number of ether oxygens (including phenoxy) is 3. The van der Waals surface area contributed by atoms with Crippen LogP contribution in [0.15, 0.2) is 30.9 Å². The summed E-state index contributed by atoms with van der Waals surface area (Å²) in [7, 11) is 1.65. The number of benzene rings is 1. The molecular formula is C16H23NO3. The minimum absolute atomic E-state index is 0.368. The third kappa shape index (κ3) is 4.25. The van der Waals surface area contributed by atoms with Crippen LogP contribution in [0.4, 0.5) is 0 Å². The van der Waals surface area contributed by atoms with E-state index in [2.05, 4.69) is 11.9 Å². The first kappa shape index (κ1) is 14.9. The van der Waals surface area contributed by atoms with Crippen LogP contribution in [0.25, 0.3) is 0 Å². The number of rotatable bonds is 8. The first-order chi connectivity index (χ1) is 9.83. The first-order valence-electron chi connectivity index (χ1n) is 7.06. The van der Waals surface area contributed by atoms with Gasteiger partial charge in [0.25, 0.3) is 0 Å². The van der Waals surface area contributed by atoms with Gasteiger partial charge in [-0.15, -0.1) is 0 Å². The lowest BCUT2D eigenvalue weighted by Crippen LogP contribution is -2.25. The summed E-state index contributed by atoms with van der Waals surface area (Å²) in [6.45, 7) is 6.72. The van der Waals surface area contributed by atoms with E-state index in [1.54, 1.807) is 13.2 Å². The lowest BCUT2D eigenvalue weighted by molar-refractivity contribution is 0.110. The van der Waals surface area contributed by atoms with E-state index < -0.39 is 0 Å². The van der Waals surface area contributed by atoms with Crippen LogP contribution in [0.2, 0.25) is 0 Å². The van der Waals surface area contributed by atoms with Crippen molar-refractivity contribution in [3.05, 3.63) is 36.4 Å². The molecule has 0 aliphatic carbocycles. The molecule has 0 saturated carbocycles. The third-order valence-electron chi connectivity index (χ3n) is 3.31. The molecular weight excluding hydrogens is 254 g/mol. The molecule has 0 aromatic heterocycles. The standard InChI is InChI=1S/C16H23NO3/c1-3-8-20-15-7-6-13(10-16(15)18-2)11-17-12-14-5-4-9-19-14/h3,6-7,10,14,17H,1,4-5,8-9,11-12H2,2H3/t14-/m1/s1. The van der Waals surface area contributed by atoms with Crippen molar-refractivity contribution in [2.45, 2.75) is 25.5 Å². The summed E-state index contributed by atoms with van der Waals surface area (Å²) >= 11 is 0. The fourth-order valence-corrected chi connectivity index (χ4v) is 2.27. The minimum Gasteiger partial charge on any atom is -0.493 e. The summed E-state index contributed by atoms with van der Waals surface area (Å²) in [5, 5.41) is 3.42. The molecule has 4 nitrogen and oxygen atoms in total. The molecule has 1 aliphatic rings. The van der Waals surface area contributed by atoms with Gasteiger partial charge in [0.2, 0.25) is 0 Å². The van der Waals surface area contributed by atoms with Gasteiger partial charge < -0.3 is 19.5 Å². The van der Waals surface area contributed by atoms with E-state index in [9.17, 15) is 0 Å². The number of hydrogen-bond acceptors (Lipinski definition) is 4. The van der Waals surface area contributed by atoms with Crippen LogP contribution in [0, 0.1) is 0 Å². The molecule has 1 aromatic carbocycles. The first-order valence-corrected chi connectivity index (χ1v) is 7.06. The molecule has 1 atom stereocenters. The van der Waals surface area contributed by atoms with E-state index in [4.69, 9.17) is 14.2 Å². The molecule has 0 radical (unpaired) electrons. The van der Waals surface area contributed by atoms with Gasteiger partial charge in [0.15, 0.2) is 11.5 Å². The molecule has 1 heterocycles. The third-order valence-corrected chi connectivity index (χ3v) is 3.31. The summed E-state index contributed by atoms with van der Waals surface area (Å²) in [6.07, 6.45) is 4.42. The molecule has 110 valence electrons. The van der Waals surface area contributed by atoms with Crippen LogP contribution < -0.4 is 14.8 Å². The van der Waals surface area contributed by atoms with Gasteiger partial charge in [0.05, 0.1) is 13.2 Å². The van der Waals surface area contributed by atoms with Gasteiger partial charge >= 0.3 is 0 Å². The zero-order chi connectivity index (χ0) is 14.2. The Balaban J connectivity index is 1.86. The second-order valence-electron chi connectivity index (χ2n) is 4.85. The molecule has 4 heteroatoms. The zero-order valence-electron chi connectivity index (χ0n) is 12.1. The molecule has 1 aliphatic heterocycles. The summed E-state index contributed by atoms with van der Waals surface area (Å²) in [6, 6.07) is 5.98. The van der Waals surface area contributed by atoms with Gasteiger partial charge in [-0.25, -0.2) is 0 Å². The monoisotopic (exact) mass is 277 g/mol. The van der Waals surface area contributed by atoms with Gasteiger partial charge in [-0.2, -0.15) is 0 Å². The van der Waals surface area contributed by atoms with Crippen molar-refractivity contribution >= 4 is 0 Å². The van der Waals surface area contributed by atoms with Crippen LogP contribution in [-0.2, 0) is 11.3 Å². The topological polar surface area (TPSA) is 39.7 Å². The average Bonchev–Trinajstić information content (AvgIpc) is 2.99. The van der Waals surface area contributed by atoms with Gasteiger partial charge in [0.1, 0.15) is 6.61 Å². The Kier molecular flexibility index (Phi) is 5.89. The highest BCUT2D eigenvalue weighted by molar-refractivity contribution is 5.43. The fourth-order valence-electron chi connectivity index (χ4n) is 2.27. The lowest BCUT2D eigenvalue weighted by Gasteiger charge is -2.13. The van der Waals surface area contributed by atoms with E-state index in [0.717, 1.165) is 37.6 Å². The zero-order valence-corrected chi connectivity index (χ0v) is 12.1. The lowest BCUT2D eigenvalue weighted by atomic mass is 10.2. The Labute approximate surface area is 120 Å². The van der Waals surface area contributed by atoms with E-state index in [1.165, 1.54) is 12.0 Å². The number of methoxy groups -OCH3 is 1. The van der Waals surface area contributed by atoms with Crippen LogP contribution in [0.3, 0.4) is 0 Å². The maximum absolute atomic E-state index is 5.58. The van der Waals surface area contributed by atoms with Crippen molar-refractivity contribution in [1.82, 2.24) is 5.32 Å². The molecule has 1 N–H and O–H groups in total. The van der Waals surface area contributed by atoms with Crippen molar-refractivity contribution in [3.8, 4) is 11.5 Å². The molecule has 20 heavy (non-hydrogen) atoms. The number of nitrogens with one attached hydrogen (secondary N) is 1. The van der Waals surface area contributed by atoms with E-state index in [1.807, 2.05) is 18.2 Å². The maximum Gasteiger partial charge on any atom is 0.161 e. The van der Waals surface area contributed by atoms with Crippen LogP contribution >= 0.6 is 0 Å². The second-order valence-corrected chi connectivity index (χ2v) is 4.85. The summed E-state index contributed by atoms with van der Waals surface area (Å²) in [5.74, 6) is 1.50. The second kappa shape index (κ2) is 7.92. The van der Waals surface area contributed by atoms with Crippen molar-refractivity contribution in [3.63, 3.8) is 0 Å². The van der Waals surface area contributed by atoms with Crippen molar-refractivity contribution < 1.29 is 14.2 Å². The van der Waals surface area contributed by atoms with Crippen LogP contribution in [0.5, 0.6) is 11.5 Å². The Morgan fingerprint density at radius 2 is 2.35 bits per heavy atom. The minimum atomic E-state index is 0.368. The fraction of sp³-hybridized carbons (Fsp3) is 0.500. The van der Waals surface area contributed by atoms with Crippen LogP contribution in [-0.4, -0.2) is 33.0 Å². The molecule has 0 unspecified atom stereocenters. The van der Waals surface area contributed by atoms with Gasteiger partial charge in [-0.05, 0) is 30.5 Å². The van der Waals surface area contributed by atoms with E-state index in [0.29, 0.717) is 12.7 Å². The summed E-state index contributed by atoms with van der Waals surface area (Å²) in [5.41, 5.74) is 1.17. The molecule has 2 rings (SSSR count). The molecule has 1 saturated heterocycles. The average molecular weight is 277 g/mol. The van der Waals surface area contributed by atoms with E-state index >= 15 is 0 Å². The highest BCUT2D eigenvalue weighted by Gasteiger charge is 2.14.